The van der Waals surface area contributed by atoms with Crippen molar-refractivity contribution in [3.05, 3.63) is 29.7 Å². The molecule has 0 aliphatic carbocycles. The lowest BCUT2D eigenvalue weighted by Crippen LogP contribution is -2.14. The van der Waals surface area contributed by atoms with Crippen LogP contribution in [0.25, 0.3) is 6.08 Å². The van der Waals surface area contributed by atoms with Gasteiger partial charge in [-0.3, -0.25) is 0 Å². The number of hydrogen-bond acceptors (Lipinski definition) is 3. The summed E-state index contributed by atoms with van der Waals surface area (Å²) in [5.74, 6) is 0.814. The predicted octanol–water partition coefficient (Wildman–Crippen LogP) is 2.00. The Balaban J connectivity index is 2.57. The van der Waals surface area contributed by atoms with E-state index >= 15 is 0 Å². The first kappa shape index (κ1) is 9.03. The first-order chi connectivity index (χ1) is 5.68. The molecule has 1 N–H and O–H groups in total. The van der Waals surface area contributed by atoms with Gasteiger partial charge in [-0.15, -0.1) is 0 Å². The maximum absolute atomic E-state index is 8.91. The van der Waals surface area contributed by atoms with Crippen molar-refractivity contribution < 1.29 is 9.62 Å². The second-order valence-electron chi connectivity index (χ2n) is 2.82. The highest BCUT2D eigenvalue weighted by Gasteiger charge is 1.95. The largest absolute Gasteiger partial charge is 0.465 e. The van der Waals surface area contributed by atoms with Crippen LogP contribution in [0.1, 0.15) is 12.7 Å². The Kier molecular flexibility index (Phi) is 3.08. The molecule has 3 nitrogen and oxygen atoms in total. The summed E-state index contributed by atoms with van der Waals surface area (Å²) in [4.78, 5) is 0. The van der Waals surface area contributed by atoms with E-state index in [2.05, 4.69) is 0 Å². The normalized spacial score (nSPS) is 12.5. The summed E-state index contributed by atoms with van der Waals surface area (Å²) in [7, 11) is 1.61. The summed E-state index contributed by atoms with van der Waals surface area (Å²) >= 11 is 0. The van der Waals surface area contributed by atoms with Crippen LogP contribution in [0.5, 0.6) is 0 Å². The SMILES string of the molecule is C/C(=C\c1ccco1)CN(C)O. The predicted molar refractivity (Wildman–Crippen MR) is 46.8 cm³/mol. The molecule has 0 aliphatic rings. The molecule has 0 fully saturated rings. The van der Waals surface area contributed by atoms with Crippen molar-refractivity contribution in [3.63, 3.8) is 0 Å². The van der Waals surface area contributed by atoms with E-state index in [9.17, 15) is 0 Å². The van der Waals surface area contributed by atoms with E-state index in [0.29, 0.717) is 6.54 Å². The second kappa shape index (κ2) is 4.09. The van der Waals surface area contributed by atoms with E-state index in [1.54, 1.807) is 13.3 Å². The van der Waals surface area contributed by atoms with Gasteiger partial charge in [0.15, 0.2) is 0 Å². The minimum absolute atomic E-state index is 0.528. The molecule has 12 heavy (non-hydrogen) atoms. The zero-order valence-electron chi connectivity index (χ0n) is 7.32. The molecule has 1 rings (SSSR count). The molecule has 0 bridgehead atoms. The maximum atomic E-state index is 8.91. The molecule has 0 radical (unpaired) electrons. The lowest BCUT2D eigenvalue weighted by atomic mass is 10.2. The fourth-order valence-corrected chi connectivity index (χ4v) is 1.02. The Hall–Kier alpha value is -1.06. The van der Waals surface area contributed by atoms with Crippen LogP contribution in [0.3, 0.4) is 0 Å². The van der Waals surface area contributed by atoms with Gasteiger partial charge >= 0.3 is 0 Å². The fourth-order valence-electron chi connectivity index (χ4n) is 1.02. The van der Waals surface area contributed by atoms with Crippen molar-refractivity contribution in [3.8, 4) is 0 Å². The number of nitrogens with zero attached hydrogens (tertiary/aromatic N) is 1. The molecule has 0 atom stereocenters. The Labute approximate surface area is 71.9 Å². The third kappa shape index (κ3) is 2.90. The first-order valence-corrected chi connectivity index (χ1v) is 3.79. The van der Waals surface area contributed by atoms with Crippen LogP contribution in [0.2, 0.25) is 0 Å². The fraction of sp³-hybridized carbons (Fsp3) is 0.333. The minimum Gasteiger partial charge on any atom is -0.465 e. The van der Waals surface area contributed by atoms with Crippen LogP contribution in [0.4, 0.5) is 0 Å². The molecule has 1 aromatic heterocycles. The quantitative estimate of drug-likeness (QED) is 0.699. The van der Waals surface area contributed by atoms with Crippen molar-refractivity contribution in [2.24, 2.45) is 0 Å². The van der Waals surface area contributed by atoms with Gasteiger partial charge in [0.05, 0.1) is 6.26 Å². The van der Waals surface area contributed by atoms with Gasteiger partial charge in [0, 0.05) is 13.6 Å². The van der Waals surface area contributed by atoms with E-state index in [4.69, 9.17) is 9.62 Å². The van der Waals surface area contributed by atoms with Crippen molar-refractivity contribution >= 4 is 6.08 Å². The highest BCUT2D eigenvalue weighted by atomic mass is 16.5. The lowest BCUT2D eigenvalue weighted by Gasteiger charge is -2.06. The zero-order valence-corrected chi connectivity index (χ0v) is 7.32. The van der Waals surface area contributed by atoms with E-state index < -0.39 is 0 Å². The molecule has 3 heteroatoms. The highest BCUT2D eigenvalue weighted by Crippen LogP contribution is 2.06. The maximum Gasteiger partial charge on any atom is 0.126 e. The molecule has 0 saturated carbocycles. The number of hydroxylamine groups is 2. The molecule has 1 heterocycles. The molecule has 0 spiro atoms. The Morgan fingerprint density at radius 2 is 2.50 bits per heavy atom. The summed E-state index contributed by atoms with van der Waals surface area (Å²) in [5.41, 5.74) is 1.05. The Bertz CT molecular complexity index is 250. The number of hydrogen-bond donors (Lipinski definition) is 1. The molecule has 0 amide bonds. The van der Waals surface area contributed by atoms with E-state index in [0.717, 1.165) is 16.4 Å². The van der Waals surface area contributed by atoms with E-state index in [1.165, 1.54) is 0 Å². The van der Waals surface area contributed by atoms with E-state index in [1.807, 2.05) is 25.1 Å². The van der Waals surface area contributed by atoms with Crippen molar-refractivity contribution in [1.82, 2.24) is 5.06 Å². The zero-order chi connectivity index (χ0) is 8.97. The third-order valence-electron chi connectivity index (χ3n) is 1.41. The van der Waals surface area contributed by atoms with Gasteiger partial charge < -0.3 is 9.62 Å². The van der Waals surface area contributed by atoms with Gasteiger partial charge in [0.2, 0.25) is 0 Å². The third-order valence-corrected chi connectivity index (χ3v) is 1.41. The Morgan fingerprint density at radius 3 is 3.00 bits per heavy atom. The number of furan rings is 1. The average Bonchev–Trinajstić information content (AvgIpc) is 2.37. The highest BCUT2D eigenvalue weighted by molar-refractivity contribution is 5.46. The molecule has 0 aromatic carbocycles. The topological polar surface area (TPSA) is 36.6 Å². The number of rotatable bonds is 3. The molecule has 0 saturated heterocycles. The van der Waals surface area contributed by atoms with E-state index in [-0.39, 0.29) is 0 Å². The summed E-state index contributed by atoms with van der Waals surface area (Å²) in [6.07, 6.45) is 3.52. The molecular formula is C9H13NO2. The summed E-state index contributed by atoms with van der Waals surface area (Å²) in [5, 5.41) is 10.0. The van der Waals surface area contributed by atoms with Gasteiger partial charge in [0.1, 0.15) is 5.76 Å². The van der Waals surface area contributed by atoms with Gasteiger partial charge in [-0.2, -0.15) is 5.06 Å². The minimum atomic E-state index is 0.528. The summed E-state index contributed by atoms with van der Waals surface area (Å²) in [6, 6.07) is 3.71. The monoisotopic (exact) mass is 167 g/mol. The summed E-state index contributed by atoms with van der Waals surface area (Å²) < 4.78 is 5.11. The molecule has 66 valence electrons. The second-order valence-corrected chi connectivity index (χ2v) is 2.82. The first-order valence-electron chi connectivity index (χ1n) is 3.79. The van der Waals surface area contributed by atoms with Crippen LogP contribution in [0.15, 0.2) is 28.4 Å². The lowest BCUT2D eigenvalue weighted by molar-refractivity contribution is -0.0555. The van der Waals surface area contributed by atoms with Gasteiger partial charge in [-0.25, -0.2) is 0 Å². The van der Waals surface area contributed by atoms with Crippen LogP contribution in [-0.2, 0) is 0 Å². The average molecular weight is 167 g/mol. The van der Waals surface area contributed by atoms with Crippen LogP contribution >= 0.6 is 0 Å². The van der Waals surface area contributed by atoms with Gasteiger partial charge in [-0.1, -0.05) is 5.57 Å². The van der Waals surface area contributed by atoms with Gasteiger partial charge in [-0.05, 0) is 25.1 Å². The molecule has 0 unspecified atom stereocenters. The smallest absolute Gasteiger partial charge is 0.126 e. The van der Waals surface area contributed by atoms with Crippen molar-refractivity contribution in [2.75, 3.05) is 13.6 Å². The Morgan fingerprint density at radius 1 is 1.75 bits per heavy atom. The van der Waals surface area contributed by atoms with Crippen LogP contribution in [-0.4, -0.2) is 23.9 Å². The molecule has 0 aliphatic heterocycles. The summed E-state index contributed by atoms with van der Waals surface area (Å²) in [6.45, 7) is 2.47. The van der Waals surface area contributed by atoms with Crippen molar-refractivity contribution in [2.45, 2.75) is 6.92 Å². The number of likely N-dealkylation sites (N-methyl/N-ethyl adjacent to an activating group) is 1. The van der Waals surface area contributed by atoms with Gasteiger partial charge in [0.25, 0.3) is 0 Å². The molecule has 1 aromatic rings. The van der Waals surface area contributed by atoms with Crippen molar-refractivity contribution in [1.29, 1.82) is 0 Å². The standard InChI is InChI=1S/C9H13NO2/c1-8(7-10(2)11)6-9-4-3-5-12-9/h3-6,11H,7H2,1-2H3/b8-6+. The van der Waals surface area contributed by atoms with Crippen LogP contribution in [0, 0.1) is 0 Å². The van der Waals surface area contributed by atoms with Crippen LogP contribution < -0.4 is 0 Å². The molecular weight excluding hydrogens is 154 g/mol.